The molecule has 2 aromatic rings. The maximum absolute atomic E-state index is 12.8. The first-order valence-corrected chi connectivity index (χ1v) is 6.62. The third-order valence-corrected chi connectivity index (χ3v) is 3.32. The number of carbonyl (C=O) groups excluding carboxylic acids is 1. The number of anilines is 2. The van der Waals surface area contributed by atoms with Gasteiger partial charge in [-0.05, 0) is 42.8 Å². The maximum atomic E-state index is 12.8. The fourth-order valence-corrected chi connectivity index (χ4v) is 2.28. The molecule has 1 N–H and O–H groups in total. The van der Waals surface area contributed by atoms with E-state index in [0.29, 0.717) is 17.4 Å². The molecular weight excluding hydrogens is 291 g/mol. The van der Waals surface area contributed by atoms with Crippen LogP contribution < -0.4 is 10.2 Å². The van der Waals surface area contributed by atoms with Crippen molar-refractivity contribution in [2.45, 2.75) is 6.92 Å². The molecule has 0 fully saturated rings. The second kappa shape index (κ2) is 5.94. The minimum Gasteiger partial charge on any atom is -0.307 e. The molecule has 100 valence electrons. The lowest BCUT2D eigenvalue weighted by molar-refractivity contribution is 0.257. The summed E-state index contributed by atoms with van der Waals surface area (Å²) in [4.78, 5) is 13.5. The highest BCUT2D eigenvalue weighted by atomic mass is 35.5. The summed E-state index contributed by atoms with van der Waals surface area (Å²) in [5, 5.41) is 10.5. The predicted octanol–water partition coefficient (Wildman–Crippen LogP) is 3.39. The van der Waals surface area contributed by atoms with E-state index in [1.807, 2.05) is 0 Å². The summed E-state index contributed by atoms with van der Waals surface area (Å²) < 4.78 is 13.0. The van der Waals surface area contributed by atoms with Crippen LogP contribution in [0.4, 0.5) is 20.0 Å². The van der Waals surface area contributed by atoms with Crippen LogP contribution in [-0.2, 0) is 0 Å². The highest BCUT2D eigenvalue weighted by Gasteiger charge is 2.18. The van der Waals surface area contributed by atoms with Crippen LogP contribution in [0.15, 0.2) is 24.3 Å². The predicted molar refractivity (Wildman–Crippen MR) is 73.4 cm³/mol. The van der Waals surface area contributed by atoms with Gasteiger partial charge in [0.05, 0.1) is 0 Å². The zero-order valence-corrected chi connectivity index (χ0v) is 11.5. The molecule has 19 heavy (non-hydrogen) atoms. The largest absolute Gasteiger partial charge is 0.328 e. The van der Waals surface area contributed by atoms with Gasteiger partial charge in [0.25, 0.3) is 0 Å². The normalized spacial score (nSPS) is 10.3. The summed E-state index contributed by atoms with van der Waals surface area (Å²) in [5.41, 5.74) is 0.500. The summed E-state index contributed by atoms with van der Waals surface area (Å²) in [5.74, 6) is -0.360. The van der Waals surface area contributed by atoms with Gasteiger partial charge in [0.15, 0.2) is 0 Å². The summed E-state index contributed by atoms with van der Waals surface area (Å²) in [6.07, 6.45) is 0. The lowest BCUT2D eigenvalue weighted by atomic mass is 10.3. The van der Waals surface area contributed by atoms with Crippen LogP contribution in [-0.4, -0.2) is 22.8 Å². The van der Waals surface area contributed by atoms with Gasteiger partial charge in [-0.2, -0.15) is 0 Å². The van der Waals surface area contributed by atoms with Crippen molar-refractivity contribution in [2.24, 2.45) is 0 Å². The number of halogens is 2. The zero-order chi connectivity index (χ0) is 13.8. The monoisotopic (exact) mass is 300 g/mol. The highest BCUT2D eigenvalue weighted by molar-refractivity contribution is 7.19. The van der Waals surface area contributed by atoms with E-state index < -0.39 is 0 Å². The Labute approximate surface area is 118 Å². The Morgan fingerprint density at radius 1 is 1.42 bits per heavy atom. The Hall–Kier alpha value is -1.73. The van der Waals surface area contributed by atoms with E-state index in [2.05, 4.69) is 15.5 Å². The van der Waals surface area contributed by atoms with Gasteiger partial charge in [-0.1, -0.05) is 11.3 Å². The van der Waals surface area contributed by atoms with Crippen LogP contribution in [0.2, 0.25) is 4.47 Å². The number of aromatic nitrogens is 2. The van der Waals surface area contributed by atoms with E-state index in [1.165, 1.54) is 29.2 Å². The van der Waals surface area contributed by atoms with E-state index in [9.17, 15) is 9.18 Å². The molecule has 2 rings (SSSR count). The molecule has 8 heteroatoms. The quantitative estimate of drug-likeness (QED) is 0.945. The molecule has 0 saturated carbocycles. The van der Waals surface area contributed by atoms with Crippen molar-refractivity contribution < 1.29 is 9.18 Å². The molecule has 5 nitrogen and oxygen atoms in total. The van der Waals surface area contributed by atoms with Crippen molar-refractivity contribution in [2.75, 3.05) is 16.8 Å². The standard InChI is InChI=1S/C11H10ClFN4OS/c1-2-17(11-16-15-9(12)19-11)10(18)14-8-5-3-7(13)4-6-8/h3-6H,2H2,1H3,(H,14,18). The first-order chi connectivity index (χ1) is 9.10. The smallest absolute Gasteiger partial charge is 0.307 e. The van der Waals surface area contributed by atoms with Gasteiger partial charge in [-0.15, -0.1) is 10.2 Å². The SMILES string of the molecule is CCN(C(=O)Nc1ccc(F)cc1)c1nnc(Cl)s1. The number of benzene rings is 1. The molecule has 1 aromatic carbocycles. The van der Waals surface area contributed by atoms with Crippen molar-refractivity contribution >= 4 is 39.8 Å². The lowest BCUT2D eigenvalue weighted by Gasteiger charge is -2.17. The fourth-order valence-electron chi connectivity index (χ4n) is 1.40. The summed E-state index contributed by atoms with van der Waals surface area (Å²) in [7, 11) is 0. The molecule has 2 amide bonds. The molecule has 0 aliphatic heterocycles. The van der Waals surface area contributed by atoms with Crippen LogP contribution >= 0.6 is 22.9 Å². The first kappa shape index (κ1) is 13.7. The molecule has 0 spiro atoms. The van der Waals surface area contributed by atoms with Crippen LogP contribution in [0.3, 0.4) is 0 Å². The number of carbonyl (C=O) groups is 1. The van der Waals surface area contributed by atoms with Crippen LogP contribution in [0.1, 0.15) is 6.92 Å². The highest BCUT2D eigenvalue weighted by Crippen LogP contribution is 2.24. The molecule has 1 aromatic heterocycles. The lowest BCUT2D eigenvalue weighted by Crippen LogP contribution is -2.34. The molecule has 1 heterocycles. The second-order valence-electron chi connectivity index (χ2n) is 3.52. The van der Waals surface area contributed by atoms with Gasteiger partial charge in [-0.25, -0.2) is 9.18 Å². The van der Waals surface area contributed by atoms with Crippen LogP contribution in [0.5, 0.6) is 0 Å². The zero-order valence-electron chi connectivity index (χ0n) is 9.93. The van der Waals surface area contributed by atoms with Gasteiger partial charge in [0.2, 0.25) is 9.60 Å². The Bertz CT molecular complexity index is 574. The van der Waals surface area contributed by atoms with E-state index in [4.69, 9.17) is 11.6 Å². The number of nitrogens with zero attached hydrogens (tertiary/aromatic N) is 3. The average Bonchev–Trinajstić information content (AvgIpc) is 2.80. The summed E-state index contributed by atoms with van der Waals surface area (Å²) in [6.45, 7) is 2.22. The Morgan fingerprint density at radius 3 is 2.63 bits per heavy atom. The van der Waals surface area contributed by atoms with Gasteiger partial charge >= 0.3 is 6.03 Å². The first-order valence-electron chi connectivity index (χ1n) is 5.43. The van der Waals surface area contributed by atoms with Crippen molar-refractivity contribution in [1.29, 1.82) is 0 Å². The van der Waals surface area contributed by atoms with E-state index >= 15 is 0 Å². The van der Waals surface area contributed by atoms with E-state index in [0.717, 1.165) is 11.3 Å². The van der Waals surface area contributed by atoms with Crippen LogP contribution in [0, 0.1) is 5.82 Å². The fraction of sp³-hybridized carbons (Fsp3) is 0.182. The van der Waals surface area contributed by atoms with Crippen molar-refractivity contribution in [3.8, 4) is 0 Å². The molecule has 0 atom stereocenters. The van der Waals surface area contributed by atoms with Gasteiger partial charge < -0.3 is 5.32 Å². The molecule has 0 unspecified atom stereocenters. The van der Waals surface area contributed by atoms with Gasteiger partial charge in [0.1, 0.15) is 5.82 Å². The van der Waals surface area contributed by atoms with Gasteiger partial charge in [-0.3, -0.25) is 4.90 Å². The molecule has 0 aliphatic carbocycles. The van der Waals surface area contributed by atoms with Crippen molar-refractivity contribution in [3.63, 3.8) is 0 Å². The third-order valence-electron chi connectivity index (χ3n) is 2.28. The van der Waals surface area contributed by atoms with Crippen LogP contribution in [0.25, 0.3) is 0 Å². The molecule has 0 radical (unpaired) electrons. The topological polar surface area (TPSA) is 58.1 Å². The number of hydrogen-bond acceptors (Lipinski definition) is 4. The maximum Gasteiger partial charge on any atom is 0.328 e. The van der Waals surface area contributed by atoms with Gasteiger partial charge in [0, 0.05) is 12.2 Å². The minimum absolute atomic E-state index is 0.267. The van der Waals surface area contributed by atoms with E-state index in [1.54, 1.807) is 6.92 Å². The minimum atomic E-state index is -0.373. The number of hydrogen-bond donors (Lipinski definition) is 1. The number of nitrogens with one attached hydrogen (secondary N) is 1. The molecule has 0 aliphatic rings. The Morgan fingerprint density at radius 2 is 2.11 bits per heavy atom. The number of amides is 2. The summed E-state index contributed by atoms with van der Waals surface area (Å²) >= 11 is 6.80. The van der Waals surface area contributed by atoms with Crippen molar-refractivity contribution in [3.05, 3.63) is 34.5 Å². The number of rotatable bonds is 3. The Kier molecular flexibility index (Phi) is 4.28. The molecule has 0 bridgehead atoms. The molecular formula is C11H10ClFN4OS. The van der Waals surface area contributed by atoms with E-state index in [-0.39, 0.29) is 16.3 Å². The third kappa shape index (κ3) is 3.39. The van der Waals surface area contributed by atoms with Crippen molar-refractivity contribution in [1.82, 2.24) is 10.2 Å². The average molecular weight is 301 g/mol. The Balaban J connectivity index is 2.11. The number of urea groups is 1. The summed E-state index contributed by atoms with van der Waals surface area (Å²) in [6, 6.07) is 5.13. The second-order valence-corrected chi connectivity index (χ2v) is 5.06. The molecule has 0 saturated heterocycles.